The fourth-order valence-electron chi connectivity index (χ4n) is 2.01. The van der Waals surface area contributed by atoms with Crippen molar-refractivity contribution in [2.75, 3.05) is 13.2 Å². The minimum Gasteiger partial charge on any atom is -0.501 e. The summed E-state index contributed by atoms with van der Waals surface area (Å²) in [6.07, 6.45) is 5.31. The van der Waals surface area contributed by atoms with Crippen LogP contribution in [0.5, 0.6) is 0 Å². The molecule has 1 aromatic heterocycles. The Morgan fingerprint density at radius 3 is 2.89 bits per heavy atom. The van der Waals surface area contributed by atoms with E-state index in [-0.39, 0.29) is 6.04 Å². The molecule has 1 aromatic rings. The van der Waals surface area contributed by atoms with Crippen molar-refractivity contribution in [1.29, 1.82) is 0 Å². The van der Waals surface area contributed by atoms with Crippen LogP contribution in [0.25, 0.3) is 0 Å². The van der Waals surface area contributed by atoms with Gasteiger partial charge in [0.25, 0.3) is 0 Å². The maximum absolute atomic E-state index is 5.48. The Labute approximate surface area is 129 Å². The highest BCUT2D eigenvalue weighted by atomic mass is 79.9. The number of rotatable bonds is 5. The molecule has 2 heterocycles. The Hall–Kier alpha value is 0.160. The minimum atomic E-state index is 0.290. The largest absolute Gasteiger partial charge is 0.501 e. The van der Waals surface area contributed by atoms with Crippen molar-refractivity contribution in [3.05, 3.63) is 31.0 Å². The van der Waals surface area contributed by atoms with Gasteiger partial charge in [-0.15, -0.1) is 11.3 Å². The number of hydrogen-bond acceptors (Lipinski definition) is 3. The molecule has 18 heavy (non-hydrogen) atoms. The lowest BCUT2D eigenvalue weighted by atomic mass is 10.0. The molecule has 0 saturated carbocycles. The molecule has 0 saturated heterocycles. The van der Waals surface area contributed by atoms with E-state index in [1.165, 1.54) is 10.5 Å². The molecule has 1 atom stereocenters. The van der Waals surface area contributed by atoms with Crippen molar-refractivity contribution < 1.29 is 4.74 Å². The quantitative estimate of drug-likeness (QED) is 0.757. The summed E-state index contributed by atoms with van der Waals surface area (Å²) in [5.41, 5.74) is 1.36. The van der Waals surface area contributed by atoms with E-state index in [9.17, 15) is 0 Å². The molecule has 1 N–H and O–H groups in total. The topological polar surface area (TPSA) is 21.3 Å². The average Bonchev–Trinajstić information content (AvgIpc) is 2.71. The Bertz CT molecular complexity index is 411. The molecule has 0 aliphatic carbocycles. The van der Waals surface area contributed by atoms with Gasteiger partial charge < -0.3 is 10.1 Å². The van der Waals surface area contributed by atoms with Crippen LogP contribution in [0.1, 0.15) is 37.1 Å². The van der Waals surface area contributed by atoms with E-state index >= 15 is 0 Å². The van der Waals surface area contributed by atoms with Crippen molar-refractivity contribution in [2.24, 2.45) is 0 Å². The first-order chi connectivity index (χ1) is 8.72. The lowest BCUT2D eigenvalue weighted by Gasteiger charge is -2.23. The molecular weight excluding hydrogens is 378 g/mol. The molecule has 1 aliphatic heterocycles. The molecule has 0 amide bonds. The third kappa shape index (κ3) is 3.59. The van der Waals surface area contributed by atoms with Gasteiger partial charge in [0.2, 0.25) is 0 Å². The number of ether oxygens (including phenoxy) is 1. The molecule has 1 unspecified atom stereocenters. The third-order valence-electron chi connectivity index (χ3n) is 2.88. The molecule has 0 aromatic carbocycles. The maximum atomic E-state index is 5.48. The summed E-state index contributed by atoms with van der Waals surface area (Å²) < 4.78 is 7.76. The predicted octanol–water partition coefficient (Wildman–Crippen LogP) is 5.01. The van der Waals surface area contributed by atoms with E-state index in [2.05, 4.69) is 50.2 Å². The normalized spacial score (nSPS) is 17.2. The highest BCUT2D eigenvalue weighted by molar-refractivity contribution is 9.13. The van der Waals surface area contributed by atoms with Crippen LogP contribution in [0, 0.1) is 0 Å². The van der Waals surface area contributed by atoms with Gasteiger partial charge in [0.15, 0.2) is 0 Å². The third-order valence-corrected chi connectivity index (χ3v) is 6.20. The summed E-state index contributed by atoms with van der Waals surface area (Å²) in [7, 11) is 0. The van der Waals surface area contributed by atoms with Crippen LogP contribution in [-0.2, 0) is 4.74 Å². The number of hydrogen-bond donors (Lipinski definition) is 1. The van der Waals surface area contributed by atoms with Gasteiger partial charge in [-0.3, -0.25) is 0 Å². The smallest absolute Gasteiger partial charge is 0.0876 e. The van der Waals surface area contributed by atoms with E-state index in [1.54, 1.807) is 11.3 Å². The zero-order valence-corrected chi connectivity index (χ0v) is 14.3. The Morgan fingerprint density at radius 2 is 2.33 bits per heavy atom. The van der Waals surface area contributed by atoms with E-state index in [0.717, 1.165) is 40.7 Å². The van der Waals surface area contributed by atoms with E-state index < -0.39 is 0 Å². The van der Waals surface area contributed by atoms with Crippen molar-refractivity contribution in [1.82, 2.24) is 5.32 Å². The summed E-state index contributed by atoms with van der Waals surface area (Å²) in [5, 5.41) is 3.62. The molecule has 0 fully saturated rings. The van der Waals surface area contributed by atoms with Crippen molar-refractivity contribution in [3.8, 4) is 0 Å². The Morgan fingerprint density at radius 1 is 1.50 bits per heavy atom. The first-order valence-corrected chi connectivity index (χ1v) is 8.61. The molecule has 2 nitrogen and oxygen atoms in total. The Kier molecular flexibility index (Phi) is 5.73. The molecular formula is C13H17Br2NOS. The standard InChI is InChI=1S/C13H17Br2NOS/c1-2-5-16-12(9-4-3-6-17-8-9)11-7-10(14)13(15)18-11/h7-8,12,16H,2-6H2,1H3. The second kappa shape index (κ2) is 7.08. The first kappa shape index (κ1) is 14.6. The lowest BCUT2D eigenvalue weighted by molar-refractivity contribution is 0.219. The Balaban J connectivity index is 2.20. The number of halogens is 2. The van der Waals surface area contributed by atoms with Crippen molar-refractivity contribution in [2.45, 2.75) is 32.2 Å². The van der Waals surface area contributed by atoms with Gasteiger partial charge in [-0.25, -0.2) is 0 Å². The van der Waals surface area contributed by atoms with Crippen molar-refractivity contribution in [3.63, 3.8) is 0 Å². The number of nitrogens with one attached hydrogen (secondary N) is 1. The second-order valence-electron chi connectivity index (χ2n) is 4.32. The van der Waals surface area contributed by atoms with Gasteiger partial charge in [-0.2, -0.15) is 0 Å². The van der Waals surface area contributed by atoms with Crippen LogP contribution in [0.4, 0.5) is 0 Å². The van der Waals surface area contributed by atoms with Crippen LogP contribution in [0.2, 0.25) is 0 Å². The van der Waals surface area contributed by atoms with Crippen LogP contribution in [0.15, 0.2) is 26.2 Å². The second-order valence-corrected chi connectivity index (χ2v) is 7.58. The van der Waals surface area contributed by atoms with Crippen LogP contribution in [0.3, 0.4) is 0 Å². The maximum Gasteiger partial charge on any atom is 0.0876 e. The summed E-state index contributed by atoms with van der Waals surface area (Å²) in [6, 6.07) is 2.48. The van der Waals surface area contributed by atoms with E-state index in [4.69, 9.17) is 4.74 Å². The van der Waals surface area contributed by atoms with Crippen LogP contribution in [-0.4, -0.2) is 13.2 Å². The molecule has 0 spiro atoms. The summed E-state index contributed by atoms with van der Waals surface area (Å²) in [6.45, 7) is 4.06. The fraction of sp³-hybridized carbons (Fsp3) is 0.538. The molecule has 1 aliphatic rings. The van der Waals surface area contributed by atoms with Crippen LogP contribution < -0.4 is 5.32 Å². The molecule has 100 valence electrons. The summed E-state index contributed by atoms with van der Waals surface area (Å²) in [5.74, 6) is 0. The monoisotopic (exact) mass is 393 g/mol. The minimum absolute atomic E-state index is 0.290. The summed E-state index contributed by atoms with van der Waals surface area (Å²) in [4.78, 5) is 1.33. The zero-order chi connectivity index (χ0) is 13.0. The molecule has 5 heteroatoms. The SMILES string of the molecule is CCCNC(C1=COCCC1)c1cc(Br)c(Br)s1. The van der Waals surface area contributed by atoms with Crippen molar-refractivity contribution >= 4 is 43.2 Å². The fourth-order valence-corrected chi connectivity index (χ4v) is 4.21. The van der Waals surface area contributed by atoms with Gasteiger partial charge >= 0.3 is 0 Å². The van der Waals surface area contributed by atoms with E-state index in [0.29, 0.717) is 0 Å². The molecule has 2 rings (SSSR count). The average molecular weight is 395 g/mol. The first-order valence-electron chi connectivity index (χ1n) is 6.21. The molecule has 0 radical (unpaired) electrons. The zero-order valence-electron chi connectivity index (χ0n) is 10.3. The van der Waals surface area contributed by atoms with Gasteiger partial charge in [-0.05, 0) is 69.3 Å². The lowest BCUT2D eigenvalue weighted by Crippen LogP contribution is -2.24. The van der Waals surface area contributed by atoms with Gasteiger partial charge in [0.1, 0.15) is 0 Å². The summed E-state index contributed by atoms with van der Waals surface area (Å²) >= 11 is 8.91. The van der Waals surface area contributed by atoms with Gasteiger partial charge in [0, 0.05) is 9.35 Å². The highest BCUT2D eigenvalue weighted by Crippen LogP contribution is 2.39. The highest BCUT2D eigenvalue weighted by Gasteiger charge is 2.21. The van der Waals surface area contributed by atoms with Gasteiger partial charge in [-0.1, -0.05) is 6.92 Å². The van der Waals surface area contributed by atoms with Gasteiger partial charge in [0.05, 0.1) is 22.7 Å². The number of thiophene rings is 1. The van der Waals surface area contributed by atoms with Crippen LogP contribution >= 0.6 is 43.2 Å². The van der Waals surface area contributed by atoms with E-state index in [1.807, 2.05) is 6.26 Å². The predicted molar refractivity (Wildman–Crippen MR) is 84.0 cm³/mol. The molecule has 0 bridgehead atoms.